The Morgan fingerprint density at radius 3 is 2.86 bits per heavy atom. The van der Waals surface area contributed by atoms with E-state index in [1.807, 2.05) is 52.2 Å². The second-order valence-electron chi connectivity index (χ2n) is 9.53. The third kappa shape index (κ3) is 4.07. The van der Waals surface area contributed by atoms with E-state index in [2.05, 4.69) is 17.1 Å². The van der Waals surface area contributed by atoms with Gasteiger partial charge in [-0.05, 0) is 31.0 Å². The molecular weight excluding hydrogens is 452 g/mol. The predicted molar refractivity (Wildman–Crippen MR) is 142 cm³/mol. The molecule has 0 spiro atoms. The topological polar surface area (TPSA) is 101 Å². The van der Waals surface area contributed by atoms with Gasteiger partial charge in [0.1, 0.15) is 5.65 Å². The minimum absolute atomic E-state index is 0.0473. The van der Waals surface area contributed by atoms with Crippen LogP contribution in [0.15, 0.2) is 65.6 Å². The van der Waals surface area contributed by atoms with Crippen molar-refractivity contribution in [1.82, 2.24) is 19.3 Å². The number of aromatic nitrogens is 3. The number of hydrogen-bond acceptors (Lipinski definition) is 5. The van der Waals surface area contributed by atoms with Crippen LogP contribution in [-0.2, 0) is 9.53 Å². The van der Waals surface area contributed by atoms with E-state index in [0.29, 0.717) is 25.2 Å². The van der Waals surface area contributed by atoms with Crippen LogP contribution in [0.2, 0.25) is 0 Å². The number of benzene rings is 1. The van der Waals surface area contributed by atoms with Gasteiger partial charge in [0, 0.05) is 97.3 Å². The Balaban J connectivity index is 1.45. The van der Waals surface area contributed by atoms with Gasteiger partial charge in [0.05, 0.1) is 11.7 Å². The Kier molecular flexibility index (Phi) is 5.81. The average Bonchev–Trinajstić information content (AvgIpc) is 3.53. The highest BCUT2D eigenvalue weighted by molar-refractivity contribution is 6.08. The molecule has 6 rings (SSSR count). The van der Waals surface area contributed by atoms with Crippen molar-refractivity contribution in [3.05, 3.63) is 66.1 Å². The number of H-pyrrole nitrogens is 1. The van der Waals surface area contributed by atoms with Crippen LogP contribution in [0.4, 0.5) is 0 Å². The monoisotopic (exact) mass is 482 g/mol. The van der Waals surface area contributed by atoms with Gasteiger partial charge in [-0.2, -0.15) is 0 Å². The van der Waals surface area contributed by atoms with Crippen molar-refractivity contribution < 1.29 is 9.53 Å². The normalized spacial score (nSPS) is 19.9. The average molecular weight is 483 g/mol. The Hall–Kier alpha value is -3.91. The highest BCUT2D eigenvalue weighted by Gasteiger charge is 2.27. The van der Waals surface area contributed by atoms with Gasteiger partial charge >= 0.3 is 0 Å². The van der Waals surface area contributed by atoms with Gasteiger partial charge in [0.15, 0.2) is 0 Å². The Bertz CT molecular complexity index is 1500. The summed E-state index contributed by atoms with van der Waals surface area (Å²) in [7, 11) is 0. The molecule has 2 fully saturated rings. The van der Waals surface area contributed by atoms with E-state index in [1.54, 1.807) is 6.92 Å². The largest absolute Gasteiger partial charge is 0.398 e. The first-order chi connectivity index (χ1) is 17.6. The van der Waals surface area contributed by atoms with E-state index in [9.17, 15) is 4.79 Å². The van der Waals surface area contributed by atoms with Crippen molar-refractivity contribution in [1.29, 1.82) is 0 Å². The Morgan fingerprint density at radius 2 is 2.03 bits per heavy atom. The molecule has 184 valence electrons. The van der Waals surface area contributed by atoms with E-state index in [1.165, 1.54) is 0 Å². The third-order valence-corrected chi connectivity index (χ3v) is 7.25. The van der Waals surface area contributed by atoms with E-state index in [-0.39, 0.29) is 11.9 Å². The summed E-state index contributed by atoms with van der Waals surface area (Å²) < 4.78 is 7.53. The molecule has 2 aliphatic heterocycles. The number of nitrogens with two attached hydrogens (primary N) is 1. The van der Waals surface area contributed by atoms with Crippen molar-refractivity contribution in [2.24, 2.45) is 10.7 Å². The molecule has 36 heavy (non-hydrogen) atoms. The minimum Gasteiger partial charge on any atom is -0.398 e. The molecule has 2 aliphatic rings. The number of aliphatic imine (C=N–C) groups is 1. The van der Waals surface area contributed by atoms with Crippen LogP contribution in [0.25, 0.3) is 33.5 Å². The zero-order valence-corrected chi connectivity index (χ0v) is 20.4. The highest BCUT2D eigenvalue weighted by atomic mass is 16.5. The van der Waals surface area contributed by atoms with Crippen molar-refractivity contribution in [2.45, 2.75) is 32.2 Å². The molecule has 3 N–H and O–H groups in total. The number of likely N-dealkylation sites (tertiary alicyclic amines) is 1. The number of carbonyl (C=O) groups excluding carboxylic acids is 1. The number of hydrogen-bond donors (Lipinski definition) is 2. The first-order valence-corrected chi connectivity index (χ1v) is 12.5. The van der Waals surface area contributed by atoms with Gasteiger partial charge in [0.25, 0.3) is 0 Å². The fourth-order valence-corrected chi connectivity index (χ4v) is 5.24. The number of imidazole rings is 1. The zero-order valence-electron chi connectivity index (χ0n) is 20.4. The van der Waals surface area contributed by atoms with Gasteiger partial charge in [-0.3, -0.25) is 9.79 Å². The number of amides is 1. The Labute approximate surface area is 209 Å². The lowest BCUT2D eigenvalue weighted by atomic mass is 9.96. The molecule has 0 saturated carbocycles. The van der Waals surface area contributed by atoms with Crippen LogP contribution in [0.1, 0.15) is 31.7 Å². The molecule has 0 atom stereocenters. The number of pyridine rings is 1. The van der Waals surface area contributed by atoms with Crippen molar-refractivity contribution in [3.8, 4) is 11.3 Å². The highest BCUT2D eigenvalue weighted by Crippen LogP contribution is 2.31. The maximum atomic E-state index is 12.2. The molecule has 1 aromatic carbocycles. The summed E-state index contributed by atoms with van der Waals surface area (Å²) in [4.78, 5) is 27.5. The molecule has 8 nitrogen and oxygen atoms in total. The van der Waals surface area contributed by atoms with E-state index < -0.39 is 0 Å². The number of piperidine rings is 1. The molecule has 2 saturated heterocycles. The lowest BCUT2D eigenvalue weighted by Crippen LogP contribution is -2.40. The zero-order chi connectivity index (χ0) is 24.6. The maximum absolute atomic E-state index is 12.2. The van der Waals surface area contributed by atoms with Crippen LogP contribution in [0, 0.1) is 0 Å². The van der Waals surface area contributed by atoms with Gasteiger partial charge in [0.2, 0.25) is 5.91 Å². The number of rotatable bonds is 3. The molecule has 0 aliphatic carbocycles. The second kappa shape index (κ2) is 9.28. The maximum Gasteiger partial charge on any atom is 0.219 e. The summed E-state index contributed by atoms with van der Waals surface area (Å²) in [6.45, 7) is 4.20. The number of aromatic amines is 1. The molecule has 0 unspecified atom stereocenters. The van der Waals surface area contributed by atoms with Crippen molar-refractivity contribution in [3.63, 3.8) is 0 Å². The Morgan fingerprint density at radius 1 is 1.19 bits per heavy atom. The van der Waals surface area contributed by atoms with Crippen LogP contribution >= 0.6 is 0 Å². The summed E-state index contributed by atoms with van der Waals surface area (Å²) >= 11 is 0. The summed E-state index contributed by atoms with van der Waals surface area (Å²) in [5, 5.41) is 1.13. The number of nitrogens with one attached hydrogen (secondary N) is 1. The SMILES string of the molecule is CC(=O)N1CCC(=NC2CCOCC2)C(=C(N)c2cccn3cc(-c4c[nH]c5ccccc45)nc23)C1. The fourth-order valence-electron chi connectivity index (χ4n) is 5.24. The molecule has 0 bridgehead atoms. The number of fused-ring (bicyclic) bond motifs is 2. The van der Waals surface area contributed by atoms with Gasteiger partial charge in [-0.15, -0.1) is 0 Å². The summed E-state index contributed by atoms with van der Waals surface area (Å²) in [6, 6.07) is 12.4. The lowest BCUT2D eigenvalue weighted by molar-refractivity contribution is -0.128. The fraction of sp³-hybridized carbons (Fsp3) is 0.321. The van der Waals surface area contributed by atoms with Crippen molar-refractivity contribution in [2.75, 3.05) is 26.3 Å². The molecule has 1 amide bonds. The number of nitrogens with zero attached hydrogens (tertiary/aromatic N) is 4. The quantitative estimate of drug-likeness (QED) is 0.460. The first kappa shape index (κ1) is 22.5. The number of para-hydroxylation sites is 1. The first-order valence-electron chi connectivity index (χ1n) is 12.5. The van der Waals surface area contributed by atoms with Crippen LogP contribution in [-0.4, -0.2) is 63.2 Å². The van der Waals surface area contributed by atoms with E-state index in [0.717, 1.165) is 70.7 Å². The van der Waals surface area contributed by atoms with Crippen LogP contribution in [0.5, 0.6) is 0 Å². The molecule has 4 aromatic rings. The van der Waals surface area contributed by atoms with Gasteiger partial charge < -0.3 is 24.8 Å². The van der Waals surface area contributed by atoms with Crippen LogP contribution < -0.4 is 5.73 Å². The predicted octanol–water partition coefficient (Wildman–Crippen LogP) is 4.02. The van der Waals surface area contributed by atoms with Crippen molar-refractivity contribution >= 4 is 33.9 Å². The second-order valence-corrected chi connectivity index (χ2v) is 9.53. The standard InChI is InChI=1S/C28H30N6O2/c1-18(35)33-12-8-25(31-19-9-13-36-14-10-19)23(16-33)27(29)21-6-4-11-34-17-26(32-28(21)34)22-15-30-24-7-3-2-5-20(22)24/h2-7,11,15,17,19,30H,8-10,12-14,16,29H2,1H3. The molecular formula is C28H30N6O2. The summed E-state index contributed by atoms with van der Waals surface area (Å²) in [5.74, 6) is 0.0473. The number of ether oxygens (including phenoxy) is 1. The summed E-state index contributed by atoms with van der Waals surface area (Å²) in [5.41, 5.74) is 14.1. The lowest BCUT2D eigenvalue weighted by Gasteiger charge is -2.31. The smallest absolute Gasteiger partial charge is 0.219 e. The third-order valence-electron chi connectivity index (χ3n) is 7.25. The van der Waals surface area contributed by atoms with Crippen LogP contribution in [0.3, 0.4) is 0 Å². The number of carbonyl (C=O) groups is 1. The molecule has 8 heteroatoms. The minimum atomic E-state index is 0.0473. The summed E-state index contributed by atoms with van der Waals surface area (Å²) in [6.07, 6.45) is 8.55. The van der Waals surface area contributed by atoms with E-state index in [4.69, 9.17) is 20.4 Å². The van der Waals surface area contributed by atoms with Gasteiger partial charge in [-0.1, -0.05) is 18.2 Å². The molecule has 5 heterocycles. The molecule has 3 aromatic heterocycles. The van der Waals surface area contributed by atoms with Gasteiger partial charge in [-0.25, -0.2) is 4.98 Å². The van der Waals surface area contributed by atoms with E-state index >= 15 is 0 Å². The molecule has 0 radical (unpaired) electrons.